The molecular formula is C58H109N2O7P. The molecule has 0 rings (SSSR count). The first-order valence-corrected chi connectivity index (χ1v) is 29.9. The van der Waals surface area contributed by atoms with E-state index in [1.165, 1.54) is 135 Å². The molecule has 1 amide bonds. The molecule has 9 nitrogen and oxygen atoms in total. The Morgan fingerprint density at radius 3 is 1.38 bits per heavy atom. The molecule has 0 spiro atoms. The number of carbonyl (C=O) groups excluding carboxylic acids is 2. The van der Waals surface area contributed by atoms with Gasteiger partial charge in [0, 0.05) is 12.8 Å². The van der Waals surface area contributed by atoms with Crippen LogP contribution in [0.4, 0.5) is 0 Å². The van der Waals surface area contributed by atoms with Gasteiger partial charge in [-0.15, -0.1) is 0 Å². The largest absolute Gasteiger partial charge is 0.756 e. The number of nitrogens with one attached hydrogen (secondary N) is 1. The van der Waals surface area contributed by atoms with Gasteiger partial charge in [-0.05, 0) is 83.1 Å². The van der Waals surface area contributed by atoms with E-state index in [0.29, 0.717) is 30.3 Å². The van der Waals surface area contributed by atoms with Crippen molar-refractivity contribution in [3.8, 4) is 0 Å². The Morgan fingerprint density at radius 2 is 0.897 bits per heavy atom. The van der Waals surface area contributed by atoms with Gasteiger partial charge in [0.15, 0.2) is 0 Å². The number of phosphoric ester groups is 1. The molecule has 0 fully saturated rings. The van der Waals surface area contributed by atoms with E-state index in [-0.39, 0.29) is 24.9 Å². The second-order valence-corrected chi connectivity index (χ2v) is 21.9. The van der Waals surface area contributed by atoms with Gasteiger partial charge in [-0.3, -0.25) is 14.2 Å². The zero-order chi connectivity index (χ0) is 50.1. The van der Waals surface area contributed by atoms with Gasteiger partial charge in [0.1, 0.15) is 19.3 Å². The number of carbonyl (C=O) groups is 2. The van der Waals surface area contributed by atoms with Crippen molar-refractivity contribution in [2.45, 2.75) is 270 Å². The van der Waals surface area contributed by atoms with E-state index in [1.54, 1.807) is 0 Å². The van der Waals surface area contributed by atoms with Crippen LogP contribution in [0.2, 0.25) is 0 Å². The number of allylic oxidation sites excluding steroid dienone is 7. The molecule has 0 aromatic rings. The predicted molar refractivity (Wildman–Crippen MR) is 289 cm³/mol. The van der Waals surface area contributed by atoms with Crippen LogP contribution in [0, 0.1) is 0 Å². The van der Waals surface area contributed by atoms with E-state index in [0.717, 1.165) is 77.0 Å². The first-order chi connectivity index (χ1) is 32.9. The third-order valence-corrected chi connectivity index (χ3v) is 13.5. The fourth-order valence-electron chi connectivity index (χ4n) is 8.04. The molecular weight excluding hydrogens is 868 g/mol. The van der Waals surface area contributed by atoms with Crippen molar-refractivity contribution >= 4 is 19.7 Å². The van der Waals surface area contributed by atoms with Crippen LogP contribution in [0.3, 0.4) is 0 Å². The van der Waals surface area contributed by atoms with Crippen LogP contribution in [0.15, 0.2) is 48.6 Å². The Balaban J connectivity index is 5.43. The van der Waals surface area contributed by atoms with E-state index in [2.05, 4.69) is 62.5 Å². The molecule has 0 aromatic heterocycles. The van der Waals surface area contributed by atoms with Gasteiger partial charge in [0.2, 0.25) is 5.91 Å². The number of likely N-dealkylation sites (N-methyl/N-ethyl adjacent to an activating group) is 1. The molecule has 0 saturated carbocycles. The average molecular weight is 977 g/mol. The van der Waals surface area contributed by atoms with Gasteiger partial charge in [-0.25, -0.2) is 0 Å². The SMILES string of the molecule is CCCCC/C=C/C=C/CCCCCCCCC(=O)OC(/C=C/CCCCCCCCCCCCC)C(COP(=O)([O-])OCC[N+](C)(C)C)NC(=O)CCCCC/C=C\CCCCCCCCC. The molecule has 398 valence electrons. The standard InChI is InChI=1S/C58H109N2O7P/c1-7-10-13-16-19-22-25-28-30-33-36-39-42-45-48-51-58(62)67-56(49-46-43-40-37-34-31-27-24-21-18-15-12-9-3)55(54-66-68(63,64)65-53-52-60(4,5)6)59-57(61)50-47-44-41-38-35-32-29-26-23-20-17-14-11-8-2/h19,22,25,28,32,35,46,49,55-56H,7-18,20-21,23-24,26-27,29-31,33-34,36-45,47-48,50-54H2,1-6H3,(H-,59,61,63,64)/b22-19+,28-25+,35-32-,49-46+. The van der Waals surface area contributed by atoms with Crippen molar-refractivity contribution < 1.29 is 37.3 Å². The summed E-state index contributed by atoms with van der Waals surface area (Å²) in [4.78, 5) is 39.8. The summed E-state index contributed by atoms with van der Waals surface area (Å²) in [5, 5.41) is 3.01. The second-order valence-electron chi connectivity index (χ2n) is 20.5. The molecule has 0 aromatic carbocycles. The summed E-state index contributed by atoms with van der Waals surface area (Å²) in [7, 11) is 1.17. The summed E-state index contributed by atoms with van der Waals surface area (Å²) >= 11 is 0. The fraction of sp³-hybridized carbons (Fsp3) is 0.828. The minimum Gasteiger partial charge on any atom is -0.756 e. The fourth-order valence-corrected chi connectivity index (χ4v) is 8.76. The number of nitrogens with zero attached hydrogens (tertiary/aromatic N) is 1. The van der Waals surface area contributed by atoms with E-state index >= 15 is 0 Å². The third-order valence-electron chi connectivity index (χ3n) is 12.5. The summed E-state index contributed by atoms with van der Waals surface area (Å²) in [5.74, 6) is -0.569. The smallest absolute Gasteiger partial charge is 0.306 e. The minimum atomic E-state index is -4.70. The molecule has 10 heteroatoms. The van der Waals surface area contributed by atoms with Crippen molar-refractivity contribution in [1.82, 2.24) is 5.32 Å². The summed E-state index contributed by atoms with van der Waals surface area (Å²) in [6, 6.07) is -0.899. The number of ether oxygens (including phenoxy) is 1. The van der Waals surface area contributed by atoms with Crippen molar-refractivity contribution in [2.24, 2.45) is 0 Å². The van der Waals surface area contributed by atoms with Crippen LogP contribution in [0.5, 0.6) is 0 Å². The van der Waals surface area contributed by atoms with Gasteiger partial charge >= 0.3 is 5.97 Å². The number of unbranched alkanes of at least 4 members (excludes halogenated alkanes) is 30. The maximum atomic E-state index is 13.5. The number of quaternary nitrogens is 1. The highest BCUT2D eigenvalue weighted by atomic mass is 31.2. The van der Waals surface area contributed by atoms with Crippen molar-refractivity contribution in [1.29, 1.82) is 0 Å². The molecule has 0 aliphatic carbocycles. The quantitative estimate of drug-likeness (QED) is 0.0161. The van der Waals surface area contributed by atoms with Crippen LogP contribution in [0.1, 0.15) is 258 Å². The normalized spacial score (nSPS) is 14.2. The van der Waals surface area contributed by atoms with Gasteiger partial charge in [0.25, 0.3) is 7.82 Å². The Bertz CT molecular complexity index is 1310. The molecule has 3 atom stereocenters. The lowest BCUT2D eigenvalue weighted by molar-refractivity contribution is -0.870. The third kappa shape index (κ3) is 49.0. The molecule has 3 unspecified atom stereocenters. The van der Waals surface area contributed by atoms with Crippen LogP contribution in [-0.4, -0.2) is 69.4 Å². The van der Waals surface area contributed by atoms with E-state index in [4.69, 9.17) is 13.8 Å². The number of rotatable bonds is 51. The van der Waals surface area contributed by atoms with Crippen molar-refractivity contribution in [3.63, 3.8) is 0 Å². The number of esters is 1. The Morgan fingerprint density at radius 1 is 0.515 bits per heavy atom. The van der Waals surface area contributed by atoms with E-state index in [9.17, 15) is 19.0 Å². The molecule has 0 bridgehead atoms. The number of amides is 1. The van der Waals surface area contributed by atoms with Crippen molar-refractivity contribution in [2.75, 3.05) is 40.9 Å². The van der Waals surface area contributed by atoms with Crippen LogP contribution in [0.25, 0.3) is 0 Å². The lowest BCUT2D eigenvalue weighted by atomic mass is 10.0. The summed E-state index contributed by atoms with van der Waals surface area (Å²) in [5.41, 5.74) is 0. The lowest BCUT2D eigenvalue weighted by Gasteiger charge is -2.30. The zero-order valence-corrected chi connectivity index (χ0v) is 46.2. The Labute approximate surface area is 420 Å². The topological polar surface area (TPSA) is 114 Å². The highest BCUT2D eigenvalue weighted by molar-refractivity contribution is 7.45. The highest BCUT2D eigenvalue weighted by Crippen LogP contribution is 2.38. The minimum absolute atomic E-state index is 0.0270. The maximum absolute atomic E-state index is 13.5. The summed E-state index contributed by atoms with van der Waals surface area (Å²) < 4.78 is 30.2. The predicted octanol–water partition coefficient (Wildman–Crippen LogP) is 16.3. The van der Waals surface area contributed by atoms with E-state index in [1.807, 2.05) is 33.3 Å². The molecule has 0 heterocycles. The molecule has 68 heavy (non-hydrogen) atoms. The molecule has 0 radical (unpaired) electrons. The number of hydrogen-bond acceptors (Lipinski definition) is 7. The second kappa shape index (κ2) is 48.6. The highest BCUT2D eigenvalue weighted by Gasteiger charge is 2.27. The average Bonchev–Trinajstić information content (AvgIpc) is 3.29. The Hall–Kier alpha value is -2.03. The van der Waals surface area contributed by atoms with Gasteiger partial charge in [-0.1, -0.05) is 211 Å². The maximum Gasteiger partial charge on any atom is 0.306 e. The van der Waals surface area contributed by atoms with Crippen LogP contribution < -0.4 is 10.2 Å². The summed E-state index contributed by atoms with van der Waals surface area (Å²) in [6.07, 6.45) is 57.8. The molecule has 0 saturated heterocycles. The Kier molecular flexibility index (Phi) is 47.1. The molecule has 0 aliphatic rings. The first-order valence-electron chi connectivity index (χ1n) is 28.5. The van der Waals surface area contributed by atoms with Crippen LogP contribution >= 0.6 is 7.82 Å². The van der Waals surface area contributed by atoms with Gasteiger partial charge < -0.3 is 28.5 Å². The molecule has 0 aliphatic heterocycles. The van der Waals surface area contributed by atoms with Crippen molar-refractivity contribution in [3.05, 3.63) is 48.6 Å². The number of hydrogen-bond donors (Lipinski definition) is 1. The van der Waals surface area contributed by atoms with Crippen LogP contribution in [-0.2, 0) is 27.9 Å². The monoisotopic (exact) mass is 977 g/mol. The molecule has 1 N–H and O–H groups in total. The van der Waals surface area contributed by atoms with Gasteiger partial charge in [-0.2, -0.15) is 0 Å². The number of phosphoric acid groups is 1. The first kappa shape index (κ1) is 66.0. The lowest BCUT2D eigenvalue weighted by Crippen LogP contribution is -2.47. The van der Waals surface area contributed by atoms with Gasteiger partial charge in [0.05, 0.1) is 33.8 Å². The summed E-state index contributed by atoms with van der Waals surface area (Å²) in [6.45, 7) is 6.79. The van der Waals surface area contributed by atoms with E-state index < -0.39 is 26.6 Å². The zero-order valence-electron chi connectivity index (χ0n) is 45.3.